The number of hydrazone groups is 1. The minimum Gasteiger partial charge on any atom is -0.297 e. The average molecular weight is 360 g/mol. The molecule has 0 radical (unpaired) electrons. The van der Waals surface area contributed by atoms with Crippen molar-refractivity contribution in [1.29, 1.82) is 0 Å². The molecule has 0 aliphatic carbocycles. The van der Waals surface area contributed by atoms with Crippen LogP contribution in [0, 0.1) is 0 Å². The van der Waals surface area contributed by atoms with E-state index in [0.29, 0.717) is 0 Å². The summed E-state index contributed by atoms with van der Waals surface area (Å²) >= 11 is 6.98. The van der Waals surface area contributed by atoms with E-state index in [1.54, 1.807) is 0 Å². The maximum Gasteiger partial charge on any atom is 0.0782 e. The smallest absolute Gasteiger partial charge is 0.0782 e. The molecule has 0 spiro atoms. The lowest BCUT2D eigenvalue weighted by Crippen LogP contribution is -2.26. The number of alkyl halides is 1. The first-order chi connectivity index (χ1) is 8.29. The first kappa shape index (κ1) is 13.1. The number of piperidine rings is 1. The average Bonchev–Trinajstić information content (AvgIpc) is 2.38. The number of halogens is 2. The van der Waals surface area contributed by atoms with Crippen LogP contribution in [-0.4, -0.2) is 29.1 Å². The predicted octanol–water partition coefficient (Wildman–Crippen LogP) is 4.03. The maximum atomic E-state index is 4.74. The van der Waals surface area contributed by atoms with Gasteiger partial charge in [-0.25, -0.2) is 0 Å². The largest absolute Gasteiger partial charge is 0.297 e. The standard InChI is InChI=1S/C13H16Br2N2/c14-10-13(11-4-6-12(15)7-5-11)16-17-8-2-1-3-9-17/h4-7H,1-3,8-10H2. The lowest BCUT2D eigenvalue weighted by Gasteiger charge is -2.24. The van der Waals surface area contributed by atoms with Crippen LogP contribution >= 0.6 is 31.9 Å². The fourth-order valence-corrected chi connectivity index (χ4v) is 2.65. The van der Waals surface area contributed by atoms with Crippen molar-refractivity contribution in [2.75, 3.05) is 18.4 Å². The van der Waals surface area contributed by atoms with E-state index >= 15 is 0 Å². The van der Waals surface area contributed by atoms with Crippen molar-refractivity contribution >= 4 is 37.6 Å². The Morgan fingerprint density at radius 2 is 1.76 bits per heavy atom. The van der Waals surface area contributed by atoms with Gasteiger partial charge in [0, 0.05) is 22.9 Å². The van der Waals surface area contributed by atoms with E-state index in [-0.39, 0.29) is 0 Å². The molecule has 17 heavy (non-hydrogen) atoms. The summed E-state index contributed by atoms with van der Waals surface area (Å²) in [5, 5.41) is 7.74. The van der Waals surface area contributed by atoms with Crippen LogP contribution in [0.15, 0.2) is 33.8 Å². The van der Waals surface area contributed by atoms with Crippen LogP contribution in [-0.2, 0) is 0 Å². The zero-order valence-corrected chi connectivity index (χ0v) is 12.9. The summed E-state index contributed by atoms with van der Waals surface area (Å²) < 4.78 is 1.10. The quantitative estimate of drug-likeness (QED) is 0.587. The third kappa shape index (κ3) is 3.81. The number of benzene rings is 1. The van der Waals surface area contributed by atoms with Crippen molar-refractivity contribution in [3.8, 4) is 0 Å². The van der Waals surface area contributed by atoms with E-state index in [1.807, 2.05) is 0 Å². The molecule has 1 aromatic carbocycles. The van der Waals surface area contributed by atoms with E-state index in [2.05, 4.69) is 61.1 Å². The zero-order chi connectivity index (χ0) is 12.1. The summed E-state index contributed by atoms with van der Waals surface area (Å²) in [7, 11) is 0. The monoisotopic (exact) mass is 358 g/mol. The molecule has 92 valence electrons. The topological polar surface area (TPSA) is 15.6 Å². The second kappa shape index (κ2) is 6.55. The SMILES string of the molecule is BrCC(=NN1CCCCC1)c1ccc(Br)cc1. The molecule has 0 atom stereocenters. The van der Waals surface area contributed by atoms with Gasteiger partial charge in [-0.3, -0.25) is 5.01 Å². The van der Waals surface area contributed by atoms with E-state index in [9.17, 15) is 0 Å². The molecule has 2 nitrogen and oxygen atoms in total. The highest BCUT2D eigenvalue weighted by Gasteiger charge is 2.09. The molecule has 1 aliphatic rings. The van der Waals surface area contributed by atoms with Crippen LogP contribution in [0.3, 0.4) is 0 Å². The molecule has 0 N–H and O–H groups in total. The maximum absolute atomic E-state index is 4.74. The Kier molecular flexibility index (Phi) is 5.04. The molecule has 0 aromatic heterocycles. The minimum absolute atomic E-state index is 0.797. The van der Waals surface area contributed by atoms with Gasteiger partial charge in [-0.05, 0) is 37.0 Å². The van der Waals surface area contributed by atoms with Crippen molar-refractivity contribution < 1.29 is 0 Å². The molecule has 1 aromatic rings. The third-order valence-corrected chi connectivity index (χ3v) is 3.96. The van der Waals surface area contributed by atoms with Crippen LogP contribution in [0.5, 0.6) is 0 Å². The summed E-state index contributed by atoms with van der Waals surface area (Å²) in [6, 6.07) is 8.33. The molecule has 4 heteroatoms. The Labute approximate surface area is 119 Å². The van der Waals surface area contributed by atoms with E-state index in [1.165, 1.54) is 24.8 Å². The van der Waals surface area contributed by atoms with Crippen LogP contribution in [0.2, 0.25) is 0 Å². The molecular weight excluding hydrogens is 344 g/mol. The Morgan fingerprint density at radius 3 is 2.35 bits per heavy atom. The summed E-state index contributed by atoms with van der Waals surface area (Å²) in [4.78, 5) is 0. The van der Waals surface area contributed by atoms with Gasteiger partial charge in [-0.15, -0.1) is 0 Å². The van der Waals surface area contributed by atoms with Crippen LogP contribution in [0.1, 0.15) is 24.8 Å². The van der Waals surface area contributed by atoms with E-state index in [4.69, 9.17) is 5.10 Å². The van der Waals surface area contributed by atoms with Gasteiger partial charge in [0.2, 0.25) is 0 Å². The molecule has 1 fully saturated rings. The molecule has 2 rings (SSSR count). The summed E-state index contributed by atoms with van der Waals surface area (Å²) in [5.41, 5.74) is 2.30. The third-order valence-electron chi connectivity index (χ3n) is 2.90. The minimum atomic E-state index is 0.797. The first-order valence-electron chi connectivity index (χ1n) is 5.94. The van der Waals surface area contributed by atoms with E-state index < -0.39 is 0 Å². The Hall–Kier alpha value is -0.350. The van der Waals surface area contributed by atoms with Gasteiger partial charge in [0.25, 0.3) is 0 Å². The van der Waals surface area contributed by atoms with Crippen molar-refractivity contribution in [2.24, 2.45) is 5.10 Å². The molecule has 0 saturated carbocycles. The Morgan fingerprint density at radius 1 is 1.12 bits per heavy atom. The van der Waals surface area contributed by atoms with Gasteiger partial charge < -0.3 is 0 Å². The van der Waals surface area contributed by atoms with Gasteiger partial charge in [0.15, 0.2) is 0 Å². The van der Waals surface area contributed by atoms with Crippen molar-refractivity contribution in [3.05, 3.63) is 34.3 Å². The summed E-state index contributed by atoms with van der Waals surface area (Å²) in [5.74, 6) is 0. The van der Waals surface area contributed by atoms with Crippen LogP contribution < -0.4 is 0 Å². The van der Waals surface area contributed by atoms with Crippen molar-refractivity contribution in [2.45, 2.75) is 19.3 Å². The highest BCUT2D eigenvalue weighted by atomic mass is 79.9. The van der Waals surface area contributed by atoms with Crippen molar-refractivity contribution in [1.82, 2.24) is 5.01 Å². The lowest BCUT2D eigenvalue weighted by atomic mass is 10.1. The molecule has 0 bridgehead atoms. The van der Waals surface area contributed by atoms with Crippen molar-refractivity contribution in [3.63, 3.8) is 0 Å². The molecule has 0 unspecified atom stereocenters. The highest BCUT2D eigenvalue weighted by molar-refractivity contribution is 9.10. The number of rotatable bonds is 3. The van der Waals surface area contributed by atoms with Gasteiger partial charge in [0.05, 0.1) is 5.71 Å². The normalized spacial score (nSPS) is 17.3. The predicted molar refractivity (Wildman–Crippen MR) is 79.9 cm³/mol. The van der Waals surface area contributed by atoms with Gasteiger partial charge in [-0.2, -0.15) is 5.10 Å². The zero-order valence-electron chi connectivity index (χ0n) is 9.70. The molecular formula is C13H16Br2N2. The van der Waals surface area contributed by atoms with Gasteiger partial charge >= 0.3 is 0 Å². The molecule has 1 saturated heterocycles. The summed E-state index contributed by atoms with van der Waals surface area (Å²) in [6.45, 7) is 2.18. The fourth-order valence-electron chi connectivity index (χ4n) is 1.95. The number of hydrogen-bond donors (Lipinski definition) is 0. The van der Waals surface area contributed by atoms with Crippen LogP contribution in [0.4, 0.5) is 0 Å². The number of hydrogen-bond acceptors (Lipinski definition) is 2. The Balaban J connectivity index is 2.14. The Bertz CT molecular complexity index is 381. The first-order valence-corrected chi connectivity index (χ1v) is 7.85. The number of nitrogens with zero attached hydrogens (tertiary/aromatic N) is 2. The highest BCUT2D eigenvalue weighted by Crippen LogP contribution is 2.14. The van der Waals surface area contributed by atoms with Crippen LogP contribution in [0.25, 0.3) is 0 Å². The second-order valence-corrected chi connectivity index (χ2v) is 5.68. The van der Waals surface area contributed by atoms with Gasteiger partial charge in [0.1, 0.15) is 0 Å². The molecule has 1 heterocycles. The molecule has 1 aliphatic heterocycles. The lowest BCUT2D eigenvalue weighted by molar-refractivity contribution is 0.239. The second-order valence-electron chi connectivity index (χ2n) is 4.20. The van der Waals surface area contributed by atoms with E-state index in [0.717, 1.165) is 28.6 Å². The molecule has 0 amide bonds. The summed E-state index contributed by atoms with van der Waals surface area (Å²) in [6.07, 6.45) is 3.87. The van der Waals surface area contributed by atoms with Gasteiger partial charge in [-0.1, -0.05) is 44.0 Å². The fraction of sp³-hybridized carbons (Fsp3) is 0.462.